The third kappa shape index (κ3) is 2.91. The van der Waals surface area contributed by atoms with Gasteiger partial charge in [-0.15, -0.1) is 0 Å². The molecule has 138 valence electrons. The van der Waals surface area contributed by atoms with Crippen molar-refractivity contribution in [3.05, 3.63) is 54.4 Å². The zero-order valence-electron chi connectivity index (χ0n) is 14.9. The van der Waals surface area contributed by atoms with E-state index in [0.29, 0.717) is 17.4 Å². The zero-order chi connectivity index (χ0) is 18.2. The molecule has 1 amide bonds. The van der Waals surface area contributed by atoms with Crippen molar-refractivity contribution >= 4 is 16.9 Å². The Morgan fingerprint density at radius 1 is 1.11 bits per heavy atom. The minimum atomic E-state index is -0.561. The van der Waals surface area contributed by atoms with Gasteiger partial charge in [-0.2, -0.15) is 0 Å². The molecule has 27 heavy (non-hydrogen) atoms. The van der Waals surface area contributed by atoms with Crippen molar-refractivity contribution in [3.8, 4) is 11.5 Å². The van der Waals surface area contributed by atoms with Gasteiger partial charge in [-0.25, -0.2) is 4.98 Å². The van der Waals surface area contributed by atoms with E-state index in [1.54, 1.807) is 6.20 Å². The van der Waals surface area contributed by atoms with Gasteiger partial charge in [0.25, 0.3) is 5.91 Å². The van der Waals surface area contributed by atoms with Gasteiger partial charge in [-0.1, -0.05) is 12.1 Å². The highest BCUT2D eigenvalue weighted by molar-refractivity contribution is 5.82. The summed E-state index contributed by atoms with van der Waals surface area (Å²) in [5, 5.41) is 1.18. The van der Waals surface area contributed by atoms with Crippen LogP contribution < -0.4 is 9.47 Å². The summed E-state index contributed by atoms with van der Waals surface area (Å²) in [6.45, 7) is 1.74. The maximum Gasteiger partial charge on any atom is 0.267 e. The highest BCUT2D eigenvalue weighted by Crippen LogP contribution is 2.34. The highest BCUT2D eigenvalue weighted by Gasteiger charge is 2.33. The first kappa shape index (κ1) is 16.2. The topological polar surface area (TPSA) is 67.5 Å². The van der Waals surface area contributed by atoms with Crippen molar-refractivity contribution in [1.29, 1.82) is 0 Å². The molecule has 0 radical (unpaired) electrons. The Kier molecular flexibility index (Phi) is 3.96. The van der Waals surface area contributed by atoms with E-state index in [0.717, 1.165) is 31.6 Å². The normalized spacial score (nSPS) is 20.0. The van der Waals surface area contributed by atoms with Gasteiger partial charge in [0.05, 0.1) is 0 Å². The molecule has 0 spiro atoms. The van der Waals surface area contributed by atoms with Gasteiger partial charge in [-0.3, -0.25) is 4.79 Å². The predicted molar refractivity (Wildman–Crippen MR) is 101 cm³/mol. The molecular formula is C21H21N3O3. The third-order valence-corrected chi connectivity index (χ3v) is 5.51. The molecule has 0 bridgehead atoms. The minimum Gasteiger partial charge on any atom is -0.485 e. The van der Waals surface area contributed by atoms with Crippen molar-refractivity contribution in [2.45, 2.75) is 24.9 Å². The number of aromatic amines is 1. The number of pyridine rings is 1. The molecule has 1 atom stereocenters. The second kappa shape index (κ2) is 6.61. The van der Waals surface area contributed by atoms with Gasteiger partial charge in [0.15, 0.2) is 11.5 Å². The van der Waals surface area contributed by atoms with E-state index in [-0.39, 0.29) is 12.5 Å². The van der Waals surface area contributed by atoms with Crippen LogP contribution >= 0.6 is 0 Å². The molecule has 2 aliphatic rings. The van der Waals surface area contributed by atoms with Crippen LogP contribution in [0.5, 0.6) is 11.5 Å². The first-order chi connectivity index (χ1) is 13.3. The van der Waals surface area contributed by atoms with Gasteiger partial charge in [0, 0.05) is 30.9 Å². The number of para-hydroxylation sites is 2. The number of piperidine rings is 1. The summed E-state index contributed by atoms with van der Waals surface area (Å²) in [6, 6.07) is 11.6. The number of hydrogen-bond acceptors (Lipinski definition) is 4. The number of aromatic nitrogens is 2. The fourth-order valence-electron chi connectivity index (χ4n) is 4.07. The van der Waals surface area contributed by atoms with Crippen molar-refractivity contribution in [3.63, 3.8) is 0 Å². The molecule has 2 aromatic heterocycles. The summed E-state index contributed by atoms with van der Waals surface area (Å²) in [5.41, 5.74) is 2.23. The van der Waals surface area contributed by atoms with E-state index >= 15 is 0 Å². The lowest BCUT2D eigenvalue weighted by Crippen LogP contribution is -2.48. The molecule has 6 nitrogen and oxygen atoms in total. The van der Waals surface area contributed by atoms with Crippen LogP contribution in [0.25, 0.3) is 11.0 Å². The van der Waals surface area contributed by atoms with Gasteiger partial charge >= 0.3 is 0 Å². The Bertz CT molecular complexity index is 975. The zero-order valence-corrected chi connectivity index (χ0v) is 14.9. The fourth-order valence-corrected chi connectivity index (χ4v) is 4.07. The number of carbonyl (C=O) groups is 1. The quantitative estimate of drug-likeness (QED) is 0.760. The Balaban J connectivity index is 1.25. The average molecular weight is 363 g/mol. The molecule has 3 aromatic rings. The van der Waals surface area contributed by atoms with Crippen LogP contribution in [-0.2, 0) is 4.79 Å². The van der Waals surface area contributed by atoms with E-state index in [1.165, 1.54) is 10.9 Å². The molecule has 1 fully saturated rings. The number of nitrogens with zero attached hydrogens (tertiary/aromatic N) is 2. The van der Waals surface area contributed by atoms with Crippen molar-refractivity contribution < 1.29 is 14.3 Å². The van der Waals surface area contributed by atoms with Crippen molar-refractivity contribution in [2.24, 2.45) is 0 Å². The smallest absolute Gasteiger partial charge is 0.267 e. The molecule has 6 heteroatoms. The Hall–Kier alpha value is -3.02. The third-order valence-electron chi connectivity index (χ3n) is 5.51. The number of ether oxygens (including phenoxy) is 2. The number of nitrogens with one attached hydrogen (secondary N) is 1. The van der Waals surface area contributed by atoms with E-state index < -0.39 is 6.10 Å². The van der Waals surface area contributed by atoms with Crippen molar-refractivity contribution in [1.82, 2.24) is 14.9 Å². The lowest BCUT2D eigenvalue weighted by molar-refractivity contribution is -0.142. The average Bonchev–Trinajstić information content (AvgIpc) is 3.17. The van der Waals surface area contributed by atoms with Gasteiger partial charge in [0.1, 0.15) is 12.3 Å². The molecule has 1 aromatic carbocycles. The van der Waals surface area contributed by atoms with E-state index in [2.05, 4.69) is 22.2 Å². The molecular weight excluding hydrogens is 342 g/mol. The van der Waals surface area contributed by atoms with Crippen LogP contribution in [0.1, 0.15) is 24.3 Å². The molecule has 1 unspecified atom stereocenters. The lowest BCUT2D eigenvalue weighted by Gasteiger charge is -2.35. The van der Waals surface area contributed by atoms with Gasteiger partial charge in [-0.05, 0) is 48.6 Å². The standard InChI is InChI=1S/C21H21N3O3/c25-21(19-13-26-17-5-1-2-6-18(17)27-19)24-10-7-14(8-11-24)16-12-23-20-15(16)4-3-9-22-20/h1-6,9,12,14,19H,7-8,10-11,13H2,(H,22,23). The number of benzene rings is 1. The predicted octanol–water partition coefficient (Wildman–Crippen LogP) is 3.11. The van der Waals surface area contributed by atoms with Crippen molar-refractivity contribution in [2.75, 3.05) is 19.7 Å². The highest BCUT2D eigenvalue weighted by atomic mass is 16.6. The largest absolute Gasteiger partial charge is 0.485 e. The molecule has 2 aliphatic heterocycles. The molecule has 4 heterocycles. The van der Waals surface area contributed by atoms with Crippen LogP contribution in [0, 0.1) is 0 Å². The van der Waals surface area contributed by atoms with Gasteiger partial charge in [0.2, 0.25) is 6.10 Å². The van der Waals surface area contributed by atoms with Crippen LogP contribution in [-0.4, -0.2) is 46.6 Å². The van der Waals surface area contributed by atoms with Crippen LogP contribution in [0.2, 0.25) is 0 Å². The Morgan fingerprint density at radius 2 is 1.93 bits per heavy atom. The maximum atomic E-state index is 12.9. The summed E-state index contributed by atoms with van der Waals surface area (Å²) in [7, 11) is 0. The SMILES string of the molecule is O=C(C1COc2ccccc2O1)N1CCC(c2c[nH]c3ncccc23)CC1. The van der Waals surface area contributed by atoms with E-state index in [9.17, 15) is 4.79 Å². The van der Waals surface area contributed by atoms with E-state index in [4.69, 9.17) is 9.47 Å². The van der Waals surface area contributed by atoms with Crippen LogP contribution in [0.3, 0.4) is 0 Å². The lowest BCUT2D eigenvalue weighted by atomic mass is 9.89. The summed E-state index contributed by atoms with van der Waals surface area (Å²) < 4.78 is 11.6. The molecule has 5 rings (SSSR count). The number of rotatable bonds is 2. The van der Waals surface area contributed by atoms with Crippen LogP contribution in [0.4, 0.5) is 0 Å². The van der Waals surface area contributed by atoms with Gasteiger partial charge < -0.3 is 19.4 Å². The van der Waals surface area contributed by atoms with E-state index in [1.807, 2.05) is 35.2 Å². The van der Waals surface area contributed by atoms with Crippen LogP contribution in [0.15, 0.2) is 48.8 Å². The number of amides is 1. The molecule has 1 N–H and O–H groups in total. The number of carbonyl (C=O) groups excluding carboxylic acids is 1. The Labute approximate surface area is 157 Å². The molecule has 0 saturated carbocycles. The second-order valence-corrected chi connectivity index (χ2v) is 7.11. The number of likely N-dealkylation sites (tertiary alicyclic amines) is 1. The minimum absolute atomic E-state index is 0.0172. The first-order valence-corrected chi connectivity index (χ1v) is 9.39. The summed E-state index contributed by atoms with van der Waals surface area (Å²) in [6.07, 6.45) is 5.19. The summed E-state index contributed by atoms with van der Waals surface area (Å²) in [5.74, 6) is 1.80. The molecule has 1 saturated heterocycles. The Morgan fingerprint density at radius 3 is 2.78 bits per heavy atom. The first-order valence-electron chi connectivity index (χ1n) is 9.39. The summed E-state index contributed by atoms with van der Waals surface area (Å²) >= 11 is 0. The molecule has 0 aliphatic carbocycles. The number of fused-ring (bicyclic) bond motifs is 2. The summed E-state index contributed by atoms with van der Waals surface area (Å²) in [4.78, 5) is 22.4. The maximum absolute atomic E-state index is 12.9. The second-order valence-electron chi connectivity index (χ2n) is 7.11. The number of H-pyrrole nitrogens is 1. The number of hydrogen-bond donors (Lipinski definition) is 1. The monoisotopic (exact) mass is 363 g/mol. The fraction of sp³-hybridized carbons (Fsp3) is 0.333.